The Hall–Kier alpha value is -2.54. The molecule has 0 bridgehead atoms. The summed E-state index contributed by atoms with van der Waals surface area (Å²) in [7, 11) is 1.86. The van der Waals surface area contributed by atoms with E-state index in [4.69, 9.17) is 4.42 Å². The quantitative estimate of drug-likeness (QED) is 0.501. The Morgan fingerprint density at radius 2 is 2.08 bits per heavy atom. The van der Waals surface area contributed by atoms with Crippen molar-refractivity contribution in [2.45, 2.75) is 19.9 Å². The van der Waals surface area contributed by atoms with Crippen molar-refractivity contribution in [1.29, 1.82) is 0 Å². The average molecular weight is 415 g/mol. The second-order valence-electron chi connectivity index (χ2n) is 6.32. The Kier molecular flexibility index (Phi) is 4.32. The van der Waals surface area contributed by atoms with Crippen LogP contribution in [0.1, 0.15) is 22.6 Å². The standard InChI is InChI=1S/C19H19BrN4O2/c1-12-13-6-3-4-7-14(13)24(22-12)9-5-8-21-19(25)16-10-17-15(23(16)2)11-18(20)26-17/h3-4,6-7,10-11H,5,8-9H2,1-2H3,(H,21,25). The lowest BCUT2D eigenvalue weighted by Gasteiger charge is -2.07. The first kappa shape index (κ1) is 16.9. The molecule has 26 heavy (non-hydrogen) atoms. The Bertz CT molecular complexity index is 1110. The minimum absolute atomic E-state index is 0.100. The molecule has 7 heteroatoms. The number of hydrogen-bond acceptors (Lipinski definition) is 3. The van der Waals surface area contributed by atoms with Gasteiger partial charge >= 0.3 is 0 Å². The van der Waals surface area contributed by atoms with E-state index >= 15 is 0 Å². The Balaban J connectivity index is 1.38. The fourth-order valence-corrected chi connectivity index (χ4v) is 3.68. The third-order valence-electron chi connectivity index (χ3n) is 4.61. The predicted molar refractivity (Wildman–Crippen MR) is 104 cm³/mol. The smallest absolute Gasteiger partial charge is 0.268 e. The SMILES string of the molecule is Cc1nn(CCCNC(=O)c2cc3oc(Br)cc3n2C)c2ccccc12. The molecule has 4 aromatic rings. The molecule has 0 aliphatic heterocycles. The normalized spacial score (nSPS) is 11.5. The molecule has 0 unspecified atom stereocenters. The van der Waals surface area contributed by atoms with E-state index in [0.717, 1.165) is 29.7 Å². The summed E-state index contributed by atoms with van der Waals surface area (Å²) in [6.07, 6.45) is 0.808. The van der Waals surface area contributed by atoms with Crippen molar-refractivity contribution in [3.63, 3.8) is 0 Å². The van der Waals surface area contributed by atoms with Gasteiger partial charge < -0.3 is 14.3 Å². The molecule has 0 aliphatic carbocycles. The van der Waals surface area contributed by atoms with E-state index in [1.807, 2.05) is 41.4 Å². The van der Waals surface area contributed by atoms with E-state index in [1.54, 1.807) is 6.07 Å². The zero-order valence-electron chi connectivity index (χ0n) is 14.6. The van der Waals surface area contributed by atoms with Crippen molar-refractivity contribution < 1.29 is 9.21 Å². The van der Waals surface area contributed by atoms with Gasteiger partial charge in [-0.1, -0.05) is 18.2 Å². The van der Waals surface area contributed by atoms with Gasteiger partial charge in [-0.05, 0) is 35.3 Å². The Labute approximate surface area is 158 Å². The number of para-hydroxylation sites is 1. The number of nitrogens with zero attached hydrogens (tertiary/aromatic N) is 3. The molecule has 1 amide bonds. The predicted octanol–water partition coefficient (Wildman–Crippen LogP) is 4.01. The molecule has 0 spiro atoms. The summed E-state index contributed by atoms with van der Waals surface area (Å²) in [4.78, 5) is 12.4. The van der Waals surface area contributed by atoms with Crippen molar-refractivity contribution in [2.24, 2.45) is 7.05 Å². The summed E-state index contributed by atoms with van der Waals surface area (Å²) >= 11 is 3.30. The number of aryl methyl sites for hydroxylation is 3. The average Bonchev–Trinajstić information content (AvgIpc) is 3.25. The van der Waals surface area contributed by atoms with Gasteiger partial charge in [0.05, 0.1) is 16.7 Å². The summed E-state index contributed by atoms with van der Waals surface area (Å²) in [5.41, 5.74) is 4.34. The molecule has 0 aliphatic rings. The van der Waals surface area contributed by atoms with Crippen molar-refractivity contribution in [1.82, 2.24) is 19.7 Å². The maximum Gasteiger partial charge on any atom is 0.268 e. The highest BCUT2D eigenvalue weighted by molar-refractivity contribution is 9.10. The van der Waals surface area contributed by atoms with Gasteiger partial charge in [0.2, 0.25) is 0 Å². The van der Waals surface area contributed by atoms with Crippen LogP contribution in [0, 0.1) is 6.92 Å². The van der Waals surface area contributed by atoms with Crippen molar-refractivity contribution in [3.8, 4) is 0 Å². The van der Waals surface area contributed by atoms with Crippen LogP contribution >= 0.6 is 15.9 Å². The number of carbonyl (C=O) groups is 1. The monoisotopic (exact) mass is 414 g/mol. The van der Waals surface area contributed by atoms with Crippen LogP contribution in [-0.2, 0) is 13.6 Å². The minimum atomic E-state index is -0.100. The second kappa shape index (κ2) is 6.64. The van der Waals surface area contributed by atoms with Gasteiger partial charge in [-0.25, -0.2) is 0 Å². The first-order valence-corrected chi connectivity index (χ1v) is 9.29. The van der Waals surface area contributed by atoms with Crippen LogP contribution in [0.15, 0.2) is 45.5 Å². The molecule has 4 rings (SSSR count). The molecule has 0 saturated carbocycles. The Morgan fingerprint density at radius 3 is 2.88 bits per heavy atom. The highest BCUT2D eigenvalue weighted by Gasteiger charge is 2.16. The summed E-state index contributed by atoms with van der Waals surface area (Å²) in [5.74, 6) is -0.100. The van der Waals surface area contributed by atoms with Gasteiger partial charge in [0.15, 0.2) is 10.3 Å². The topological polar surface area (TPSA) is 65.0 Å². The van der Waals surface area contributed by atoms with Crippen molar-refractivity contribution >= 4 is 43.8 Å². The summed E-state index contributed by atoms with van der Waals surface area (Å²) in [5, 5.41) is 8.74. The molecule has 3 heterocycles. The number of halogens is 1. The third kappa shape index (κ3) is 2.92. The number of hydrogen-bond donors (Lipinski definition) is 1. The zero-order valence-corrected chi connectivity index (χ0v) is 16.2. The summed E-state index contributed by atoms with van der Waals surface area (Å²) in [6, 6.07) is 11.8. The van der Waals surface area contributed by atoms with Crippen molar-refractivity contribution in [2.75, 3.05) is 6.54 Å². The number of aromatic nitrogens is 3. The summed E-state index contributed by atoms with van der Waals surface area (Å²) < 4.78 is 10.0. The van der Waals surface area contributed by atoms with Crippen LogP contribution < -0.4 is 5.32 Å². The lowest BCUT2D eigenvalue weighted by atomic mass is 10.2. The summed E-state index contributed by atoms with van der Waals surface area (Å²) in [6.45, 7) is 3.36. The van der Waals surface area contributed by atoms with Gasteiger partial charge in [-0.3, -0.25) is 9.48 Å². The fraction of sp³-hybridized carbons (Fsp3) is 0.263. The van der Waals surface area contributed by atoms with E-state index in [1.165, 1.54) is 5.39 Å². The van der Waals surface area contributed by atoms with E-state index in [0.29, 0.717) is 22.5 Å². The third-order valence-corrected chi connectivity index (χ3v) is 5.00. The first-order chi connectivity index (χ1) is 12.5. The minimum Gasteiger partial charge on any atom is -0.448 e. The molecule has 134 valence electrons. The molecule has 1 N–H and O–H groups in total. The maximum absolute atomic E-state index is 12.4. The first-order valence-electron chi connectivity index (χ1n) is 8.49. The van der Waals surface area contributed by atoms with Crippen LogP contribution in [0.5, 0.6) is 0 Å². The number of rotatable bonds is 5. The molecule has 0 radical (unpaired) electrons. The lowest BCUT2D eigenvalue weighted by Crippen LogP contribution is -2.27. The van der Waals surface area contributed by atoms with Gasteiger partial charge in [0.1, 0.15) is 5.69 Å². The van der Waals surface area contributed by atoms with Crippen LogP contribution in [-0.4, -0.2) is 26.8 Å². The number of fused-ring (bicyclic) bond motifs is 2. The maximum atomic E-state index is 12.4. The lowest BCUT2D eigenvalue weighted by molar-refractivity contribution is 0.0945. The van der Waals surface area contributed by atoms with E-state index in [-0.39, 0.29) is 5.91 Å². The largest absolute Gasteiger partial charge is 0.448 e. The number of amides is 1. The number of carbonyl (C=O) groups excluding carboxylic acids is 1. The van der Waals surface area contributed by atoms with E-state index in [2.05, 4.69) is 38.5 Å². The molecule has 1 aromatic carbocycles. The van der Waals surface area contributed by atoms with Crippen LogP contribution in [0.2, 0.25) is 0 Å². The van der Waals surface area contributed by atoms with E-state index < -0.39 is 0 Å². The van der Waals surface area contributed by atoms with Crippen LogP contribution in [0.25, 0.3) is 22.0 Å². The highest BCUT2D eigenvalue weighted by Crippen LogP contribution is 2.26. The number of nitrogens with one attached hydrogen (secondary N) is 1. The van der Waals surface area contributed by atoms with Gasteiger partial charge in [-0.15, -0.1) is 0 Å². The zero-order chi connectivity index (χ0) is 18.3. The molecular weight excluding hydrogens is 396 g/mol. The molecular formula is C19H19BrN4O2. The van der Waals surface area contributed by atoms with Gasteiger partial charge in [-0.2, -0.15) is 5.10 Å². The van der Waals surface area contributed by atoms with Gasteiger partial charge in [0.25, 0.3) is 5.91 Å². The Morgan fingerprint density at radius 1 is 1.27 bits per heavy atom. The molecule has 0 fully saturated rings. The van der Waals surface area contributed by atoms with E-state index in [9.17, 15) is 4.79 Å². The highest BCUT2D eigenvalue weighted by atomic mass is 79.9. The molecule has 3 aromatic heterocycles. The van der Waals surface area contributed by atoms with Crippen LogP contribution in [0.4, 0.5) is 0 Å². The molecule has 6 nitrogen and oxygen atoms in total. The molecule has 0 saturated heterocycles. The number of benzene rings is 1. The second-order valence-corrected chi connectivity index (χ2v) is 7.11. The fourth-order valence-electron chi connectivity index (χ4n) is 3.28. The van der Waals surface area contributed by atoms with Crippen LogP contribution in [0.3, 0.4) is 0 Å². The number of furan rings is 1. The van der Waals surface area contributed by atoms with Gasteiger partial charge in [0, 0.05) is 37.7 Å². The molecule has 0 atom stereocenters. The van der Waals surface area contributed by atoms with Crippen molar-refractivity contribution in [3.05, 3.63) is 52.5 Å².